The third-order valence-corrected chi connectivity index (χ3v) is 5.52. The number of methoxy groups -OCH3 is 1. The highest BCUT2D eigenvalue weighted by Gasteiger charge is 2.34. The summed E-state index contributed by atoms with van der Waals surface area (Å²) in [7, 11) is 1.64. The maximum absolute atomic E-state index is 13.5. The number of aromatic nitrogens is 2. The molecule has 0 fully saturated rings. The van der Waals surface area contributed by atoms with Crippen molar-refractivity contribution in [2.75, 3.05) is 17.7 Å². The monoisotopic (exact) mass is 410 g/mol. The standard InChI is InChI=1S/C25H22N4O2/c1-16-22(24(30)27-18-10-4-3-5-11-18)23(17-9-8-12-19(15-17)31-2)29-21-14-7-6-13-20(21)28-25(29)26-16/h3-15,23H,1-2H3,(H,26,28)(H,27,30)/t23-/m1/s1. The second-order valence-corrected chi connectivity index (χ2v) is 7.46. The van der Waals surface area contributed by atoms with Gasteiger partial charge in [-0.05, 0) is 48.9 Å². The van der Waals surface area contributed by atoms with Crippen LogP contribution in [0.5, 0.6) is 5.75 Å². The van der Waals surface area contributed by atoms with Crippen LogP contribution in [0.4, 0.5) is 11.6 Å². The second-order valence-electron chi connectivity index (χ2n) is 7.46. The molecule has 1 aliphatic heterocycles. The summed E-state index contributed by atoms with van der Waals surface area (Å²) in [5, 5.41) is 6.37. The molecule has 6 heteroatoms. The van der Waals surface area contributed by atoms with Gasteiger partial charge in [-0.25, -0.2) is 4.98 Å². The van der Waals surface area contributed by atoms with Crippen molar-refractivity contribution < 1.29 is 9.53 Å². The molecule has 2 heterocycles. The Labute approximate surface area is 180 Å². The van der Waals surface area contributed by atoms with E-state index in [2.05, 4.69) is 15.2 Å². The van der Waals surface area contributed by atoms with Crippen molar-refractivity contribution in [3.8, 4) is 5.75 Å². The SMILES string of the molecule is COc1cccc([C@@H]2C(C(=O)Nc3ccccc3)=C(C)Nc3nc4ccccc4n32)c1. The number of carbonyl (C=O) groups excluding carboxylic acids is 1. The predicted molar refractivity (Wildman–Crippen MR) is 122 cm³/mol. The van der Waals surface area contributed by atoms with Crippen molar-refractivity contribution in [1.29, 1.82) is 0 Å². The lowest BCUT2D eigenvalue weighted by Gasteiger charge is -2.31. The molecule has 3 aromatic carbocycles. The van der Waals surface area contributed by atoms with Gasteiger partial charge in [-0.15, -0.1) is 0 Å². The Kier molecular flexibility index (Phi) is 4.67. The first-order valence-electron chi connectivity index (χ1n) is 10.1. The topological polar surface area (TPSA) is 68.2 Å². The molecule has 1 aromatic heterocycles. The molecule has 0 saturated carbocycles. The summed E-state index contributed by atoms with van der Waals surface area (Å²) in [5.74, 6) is 1.29. The van der Waals surface area contributed by atoms with Crippen LogP contribution in [0, 0.1) is 0 Å². The molecule has 31 heavy (non-hydrogen) atoms. The zero-order chi connectivity index (χ0) is 21.4. The normalized spacial score (nSPS) is 15.4. The number of hydrogen-bond acceptors (Lipinski definition) is 4. The van der Waals surface area contributed by atoms with Gasteiger partial charge in [-0.1, -0.05) is 42.5 Å². The van der Waals surface area contributed by atoms with Crippen LogP contribution >= 0.6 is 0 Å². The van der Waals surface area contributed by atoms with Crippen LogP contribution in [0.3, 0.4) is 0 Å². The zero-order valence-corrected chi connectivity index (χ0v) is 17.3. The number of carbonyl (C=O) groups is 1. The Morgan fingerprint density at radius 1 is 1.03 bits per heavy atom. The van der Waals surface area contributed by atoms with Crippen molar-refractivity contribution in [2.24, 2.45) is 0 Å². The number of para-hydroxylation sites is 3. The summed E-state index contributed by atoms with van der Waals surface area (Å²) >= 11 is 0. The minimum atomic E-state index is -0.359. The first-order chi connectivity index (χ1) is 15.2. The number of fused-ring (bicyclic) bond motifs is 3. The van der Waals surface area contributed by atoms with Gasteiger partial charge >= 0.3 is 0 Å². The van der Waals surface area contributed by atoms with E-state index >= 15 is 0 Å². The molecule has 2 N–H and O–H groups in total. The maximum atomic E-state index is 13.5. The fraction of sp³-hybridized carbons (Fsp3) is 0.120. The zero-order valence-electron chi connectivity index (χ0n) is 17.3. The summed E-state index contributed by atoms with van der Waals surface area (Å²) < 4.78 is 7.54. The van der Waals surface area contributed by atoms with Gasteiger partial charge in [-0.2, -0.15) is 0 Å². The Bertz CT molecular complexity index is 1310. The number of nitrogens with zero attached hydrogens (tertiary/aromatic N) is 2. The molecule has 0 aliphatic carbocycles. The molecular weight excluding hydrogens is 388 g/mol. The van der Waals surface area contributed by atoms with E-state index in [1.165, 1.54) is 0 Å². The highest BCUT2D eigenvalue weighted by Crippen LogP contribution is 2.40. The fourth-order valence-corrected chi connectivity index (χ4v) is 4.10. The van der Waals surface area contributed by atoms with Gasteiger partial charge in [0, 0.05) is 11.4 Å². The summed E-state index contributed by atoms with van der Waals surface area (Å²) in [5.41, 5.74) is 4.92. The van der Waals surface area contributed by atoms with Gasteiger partial charge in [0.1, 0.15) is 5.75 Å². The van der Waals surface area contributed by atoms with Gasteiger partial charge in [0.15, 0.2) is 0 Å². The van der Waals surface area contributed by atoms with Crippen LogP contribution in [0.25, 0.3) is 11.0 Å². The second kappa shape index (κ2) is 7.65. The lowest BCUT2D eigenvalue weighted by Crippen LogP contribution is -2.30. The number of amides is 1. The van der Waals surface area contributed by atoms with Crippen LogP contribution in [-0.4, -0.2) is 22.6 Å². The Hall–Kier alpha value is -4.06. The van der Waals surface area contributed by atoms with E-state index in [1.54, 1.807) is 7.11 Å². The summed E-state index contributed by atoms with van der Waals surface area (Å²) in [6, 6.07) is 24.9. The molecular formula is C25H22N4O2. The third kappa shape index (κ3) is 3.32. The van der Waals surface area contributed by atoms with Gasteiger partial charge < -0.3 is 15.4 Å². The molecule has 154 valence electrons. The minimum Gasteiger partial charge on any atom is -0.497 e. The smallest absolute Gasteiger partial charge is 0.255 e. The summed E-state index contributed by atoms with van der Waals surface area (Å²) in [6.45, 7) is 1.91. The molecule has 0 unspecified atom stereocenters. The fourth-order valence-electron chi connectivity index (χ4n) is 4.10. The largest absolute Gasteiger partial charge is 0.497 e. The number of allylic oxidation sites excluding steroid dienone is 1. The number of hydrogen-bond donors (Lipinski definition) is 2. The van der Waals surface area contributed by atoms with Crippen LogP contribution in [0.1, 0.15) is 18.5 Å². The number of rotatable bonds is 4. The quantitative estimate of drug-likeness (QED) is 0.498. The van der Waals surface area contributed by atoms with Crippen molar-refractivity contribution in [2.45, 2.75) is 13.0 Å². The number of anilines is 2. The van der Waals surface area contributed by atoms with Crippen LogP contribution < -0.4 is 15.4 Å². The molecule has 0 bridgehead atoms. The number of benzene rings is 3. The highest BCUT2D eigenvalue weighted by atomic mass is 16.5. The highest BCUT2D eigenvalue weighted by molar-refractivity contribution is 6.06. The Balaban J connectivity index is 1.69. The van der Waals surface area contributed by atoms with Gasteiger partial charge in [-0.3, -0.25) is 9.36 Å². The van der Waals surface area contributed by atoms with Crippen molar-refractivity contribution in [3.63, 3.8) is 0 Å². The lowest BCUT2D eigenvalue weighted by molar-refractivity contribution is -0.113. The third-order valence-electron chi connectivity index (χ3n) is 5.52. The predicted octanol–water partition coefficient (Wildman–Crippen LogP) is 4.97. The van der Waals surface area contributed by atoms with Crippen LogP contribution in [0.2, 0.25) is 0 Å². The van der Waals surface area contributed by atoms with E-state index in [0.29, 0.717) is 11.5 Å². The van der Waals surface area contributed by atoms with E-state index in [-0.39, 0.29) is 11.9 Å². The average Bonchev–Trinajstić information content (AvgIpc) is 3.16. The molecule has 1 atom stereocenters. The van der Waals surface area contributed by atoms with E-state index in [9.17, 15) is 4.79 Å². The van der Waals surface area contributed by atoms with Gasteiger partial charge in [0.25, 0.3) is 5.91 Å². The van der Waals surface area contributed by atoms with Gasteiger partial charge in [0.05, 0.1) is 29.8 Å². The van der Waals surface area contributed by atoms with Crippen molar-refractivity contribution in [1.82, 2.24) is 9.55 Å². The molecule has 0 saturated heterocycles. The molecule has 6 nitrogen and oxygen atoms in total. The molecule has 1 aliphatic rings. The Morgan fingerprint density at radius 3 is 2.61 bits per heavy atom. The van der Waals surface area contributed by atoms with Crippen molar-refractivity contribution in [3.05, 3.63) is 95.7 Å². The van der Waals surface area contributed by atoms with Crippen LogP contribution in [-0.2, 0) is 4.79 Å². The number of imidazole rings is 1. The maximum Gasteiger partial charge on any atom is 0.255 e. The van der Waals surface area contributed by atoms with Gasteiger partial charge in [0.2, 0.25) is 5.95 Å². The van der Waals surface area contributed by atoms with E-state index in [1.807, 2.05) is 85.8 Å². The minimum absolute atomic E-state index is 0.160. The first-order valence-corrected chi connectivity index (χ1v) is 10.1. The van der Waals surface area contributed by atoms with E-state index < -0.39 is 0 Å². The summed E-state index contributed by atoms with van der Waals surface area (Å²) in [6.07, 6.45) is 0. The lowest BCUT2D eigenvalue weighted by atomic mass is 9.94. The summed E-state index contributed by atoms with van der Waals surface area (Å²) in [4.78, 5) is 18.3. The first kappa shape index (κ1) is 18.9. The molecule has 0 spiro atoms. The Morgan fingerprint density at radius 2 is 1.81 bits per heavy atom. The van der Waals surface area contributed by atoms with Crippen molar-refractivity contribution >= 4 is 28.6 Å². The molecule has 4 aromatic rings. The number of ether oxygens (including phenoxy) is 1. The van der Waals surface area contributed by atoms with Crippen LogP contribution in [0.15, 0.2) is 90.1 Å². The molecule has 5 rings (SSSR count). The number of nitrogens with one attached hydrogen (secondary N) is 2. The van der Waals surface area contributed by atoms with E-state index in [4.69, 9.17) is 9.72 Å². The average molecular weight is 410 g/mol. The molecule has 0 radical (unpaired) electrons. The molecule has 1 amide bonds. The van der Waals surface area contributed by atoms with E-state index in [0.717, 1.165) is 33.7 Å².